The fraction of sp³-hybridized carbons (Fsp3) is 0.500. The summed E-state index contributed by atoms with van der Waals surface area (Å²) in [6, 6.07) is 8.13. The maximum atomic E-state index is 12.7. The highest BCUT2D eigenvalue weighted by molar-refractivity contribution is 5.86. The van der Waals surface area contributed by atoms with Crippen LogP contribution in [-0.4, -0.2) is 60.3 Å². The topological polar surface area (TPSA) is 143 Å². The molecule has 0 bridgehead atoms. The van der Waals surface area contributed by atoms with Crippen LogP contribution in [0.3, 0.4) is 0 Å². The summed E-state index contributed by atoms with van der Waals surface area (Å²) in [5.74, 6) is -2.00. The Morgan fingerprint density at radius 1 is 1.03 bits per heavy atom. The molecule has 10 nitrogen and oxygen atoms in total. The fourth-order valence-corrected chi connectivity index (χ4v) is 4.29. The number of ether oxygens (including phenoxy) is 2. The Morgan fingerprint density at radius 2 is 1.71 bits per heavy atom. The van der Waals surface area contributed by atoms with Crippen molar-refractivity contribution in [1.29, 1.82) is 0 Å². The van der Waals surface area contributed by atoms with Gasteiger partial charge in [-0.05, 0) is 31.2 Å². The molecule has 2 atom stereocenters. The van der Waals surface area contributed by atoms with E-state index in [0.29, 0.717) is 19.3 Å². The number of carbonyl (C=O) groups is 4. The minimum atomic E-state index is -0.988. The molecular weight excluding hydrogens is 490 g/mol. The number of rotatable bonds is 16. The second kappa shape index (κ2) is 16.2. The predicted molar refractivity (Wildman–Crippen MR) is 142 cm³/mol. The molecule has 1 aromatic carbocycles. The molecule has 0 heterocycles. The maximum Gasteiger partial charge on any atom is 0.408 e. The number of hydrogen-bond acceptors (Lipinski definition) is 7. The molecule has 1 fully saturated rings. The molecule has 2 rings (SSSR count). The number of amides is 3. The summed E-state index contributed by atoms with van der Waals surface area (Å²) in [6.07, 6.45) is 5.96. The van der Waals surface area contributed by atoms with Gasteiger partial charge in [0.05, 0.1) is 24.6 Å². The van der Waals surface area contributed by atoms with E-state index in [0.717, 1.165) is 18.4 Å². The summed E-state index contributed by atoms with van der Waals surface area (Å²) in [6.45, 7) is 7.08. The predicted octanol–water partition coefficient (Wildman–Crippen LogP) is 2.52. The van der Waals surface area contributed by atoms with Crippen molar-refractivity contribution in [3.8, 4) is 0 Å². The van der Waals surface area contributed by atoms with E-state index in [-0.39, 0.29) is 51.0 Å². The highest BCUT2D eigenvalue weighted by atomic mass is 16.6. The van der Waals surface area contributed by atoms with Gasteiger partial charge in [0.25, 0.3) is 0 Å². The molecule has 3 amide bonds. The number of benzene rings is 1. The van der Waals surface area contributed by atoms with Gasteiger partial charge in [-0.25, -0.2) is 9.59 Å². The summed E-state index contributed by atoms with van der Waals surface area (Å²) < 4.78 is 10.4. The lowest BCUT2D eigenvalue weighted by molar-refractivity contribution is -0.146. The van der Waals surface area contributed by atoms with E-state index in [1.54, 1.807) is 6.08 Å². The number of aliphatic hydroxyl groups excluding tert-OH is 1. The van der Waals surface area contributed by atoms with Crippen LogP contribution in [0, 0.1) is 5.92 Å². The van der Waals surface area contributed by atoms with E-state index in [9.17, 15) is 24.3 Å². The van der Waals surface area contributed by atoms with Crippen LogP contribution in [0.1, 0.15) is 50.5 Å². The van der Waals surface area contributed by atoms with Gasteiger partial charge >= 0.3 is 12.1 Å². The molecule has 208 valence electrons. The minimum Gasteiger partial charge on any atom is -0.462 e. The first-order valence-electron chi connectivity index (χ1n) is 12.9. The van der Waals surface area contributed by atoms with Gasteiger partial charge in [-0.2, -0.15) is 0 Å². The Bertz CT molecular complexity index is 945. The Kier molecular flexibility index (Phi) is 13.1. The number of hydrogen-bond donors (Lipinski definition) is 4. The average molecular weight is 530 g/mol. The molecule has 0 aromatic heterocycles. The molecule has 0 unspecified atom stereocenters. The maximum absolute atomic E-state index is 12.7. The normalized spacial score (nSPS) is 15.4. The highest BCUT2D eigenvalue weighted by Gasteiger charge is 2.35. The first-order chi connectivity index (χ1) is 18.3. The van der Waals surface area contributed by atoms with Crippen molar-refractivity contribution in [2.24, 2.45) is 5.92 Å². The van der Waals surface area contributed by atoms with Gasteiger partial charge < -0.3 is 30.5 Å². The molecule has 0 radical (unpaired) electrons. The van der Waals surface area contributed by atoms with Crippen LogP contribution in [0.15, 0.2) is 55.6 Å². The van der Waals surface area contributed by atoms with E-state index in [1.807, 2.05) is 30.3 Å². The lowest BCUT2D eigenvalue weighted by atomic mass is 9.96. The number of nitrogens with one attached hydrogen (secondary N) is 3. The van der Waals surface area contributed by atoms with Crippen LogP contribution in [-0.2, 0) is 30.5 Å². The van der Waals surface area contributed by atoms with Gasteiger partial charge in [-0.3, -0.25) is 9.59 Å². The summed E-state index contributed by atoms with van der Waals surface area (Å²) >= 11 is 0. The molecule has 0 spiro atoms. The number of allylic oxidation sites excluding steroid dienone is 1. The highest BCUT2D eigenvalue weighted by Crippen LogP contribution is 2.29. The Balaban J connectivity index is 1.76. The second-order valence-electron chi connectivity index (χ2n) is 9.36. The monoisotopic (exact) mass is 529 g/mol. The zero-order valence-corrected chi connectivity index (χ0v) is 21.8. The summed E-state index contributed by atoms with van der Waals surface area (Å²) in [7, 11) is 0. The first-order valence-corrected chi connectivity index (χ1v) is 12.9. The van der Waals surface area contributed by atoms with Crippen molar-refractivity contribution in [2.45, 2.75) is 63.1 Å². The molecule has 0 saturated heterocycles. The lowest BCUT2D eigenvalue weighted by Gasteiger charge is -2.28. The number of esters is 1. The smallest absolute Gasteiger partial charge is 0.408 e. The lowest BCUT2D eigenvalue weighted by Crippen LogP contribution is -2.50. The van der Waals surface area contributed by atoms with Crippen molar-refractivity contribution in [2.75, 3.05) is 19.8 Å². The average Bonchev–Trinajstić information content (AvgIpc) is 3.38. The number of carbonyl (C=O) groups excluding carboxylic acids is 4. The van der Waals surface area contributed by atoms with E-state index in [1.165, 1.54) is 6.08 Å². The van der Waals surface area contributed by atoms with Crippen molar-refractivity contribution >= 4 is 23.9 Å². The fourth-order valence-electron chi connectivity index (χ4n) is 4.29. The second-order valence-corrected chi connectivity index (χ2v) is 9.36. The standard InChI is InChI=1S/C28H39N3O7/c1-3-10-22(18-24(33)31-28(20-32)14-8-9-15-28)25(34)29-16-17-37-26(35)23(11-4-2)30-27(36)38-19-21-12-6-5-7-13-21/h3-7,12-13,22-23,32H,1-2,8-11,14-20H2,(H,29,34)(H,30,36)(H,31,33)/t22-,23+/m0/s1. The third kappa shape index (κ3) is 10.4. The van der Waals surface area contributed by atoms with Crippen LogP contribution in [0.2, 0.25) is 0 Å². The van der Waals surface area contributed by atoms with E-state index in [2.05, 4.69) is 29.1 Å². The summed E-state index contributed by atoms with van der Waals surface area (Å²) in [5.41, 5.74) is 0.199. The van der Waals surface area contributed by atoms with Crippen LogP contribution >= 0.6 is 0 Å². The first kappa shape index (κ1) is 30.6. The van der Waals surface area contributed by atoms with Gasteiger partial charge in [-0.15, -0.1) is 13.2 Å². The molecule has 4 N–H and O–H groups in total. The molecule has 10 heteroatoms. The third-order valence-corrected chi connectivity index (χ3v) is 6.36. The summed E-state index contributed by atoms with van der Waals surface area (Å²) in [4.78, 5) is 49.8. The molecule has 1 saturated carbocycles. The Morgan fingerprint density at radius 3 is 2.34 bits per heavy atom. The van der Waals surface area contributed by atoms with Crippen LogP contribution in [0.4, 0.5) is 4.79 Å². The Labute approximate surface area is 223 Å². The molecular formula is C28H39N3O7. The largest absolute Gasteiger partial charge is 0.462 e. The van der Waals surface area contributed by atoms with Gasteiger partial charge in [-0.1, -0.05) is 55.3 Å². The number of aliphatic hydroxyl groups is 1. The van der Waals surface area contributed by atoms with Gasteiger partial charge in [0.15, 0.2) is 0 Å². The van der Waals surface area contributed by atoms with Gasteiger partial charge in [0.2, 0.25) is 11.8 Å². The van der Waals surface area contributed by atoms with Crippen molar-refractivity contribution in [3.05, 3.63) is 61.2 Å². The quantitative estimate of drug-likeness (QED) is 0.146. The third-order valence-electron chi connectivity index (χ3n) is 6.36. The molecule has 1 aromatic rings. The van der Waals surface area contributed by atoms with Crippen LogP contribution < -0.4 is 16.0 Å². The van der Waals surface area contributed by atoms with Gasteiger partial charge in [0.1, 0.15) is 19.3 Å². The van der Waals surface area contributed by atoms with Gasteiger partial charge in [0, 0.05) is 6.42 Å². The van der Waals surface area contributed by atoms with Crippen molar-refractivity contribution < 1.29 is 33.8 Å². The molecule has 1 aliphatic rings. The zero-order valence-electron chi connectivity index (χ0n) is 21.8. The summed E-state index contributed by atoms with van der Waals surface area (Å²) in [5, 5.41) is 17.7. The zero-order chi connectivity index (χ0) is 27.8. The minimum absolute atomic E-state index is 0.0275. The molecule has 0 aliphatic heterocycles. The number of alkyl carbamates (subject to hydrolysis) is 1. The van der Waals surface area contributed by atoms with Crippen LogP contribution in [0.25, 0.3) is 0 Å². The van der Waals surface area contributed by atoms with Crippen molar-refractivity contribution in [1.82, 2.24) is 16.0 Å². The Hall–Kier alpha value is -3.66. The van der Waals surface area contributed by atoms with E-state index < -0.39 is 29.6 Å². The van der Waals surface area contributed by atoms with Crippen molar-refractivity contribution in [3.63, 3.8) is 0 Å². The molecule has 1 aliphatic carbocycles. The van der Waals surface area contributed by atoms with E-state index in [4.69, 9.17) is 9.47 Å². The van der Waals surface area contributed by atoms with E-state index >= 15 is 0 Å². The van der Waals surface area contributed by atoms with Crippen LogP contribution in [0.5, 0.6) is 0 Å². The molecule has 38 heavy (non-hydrogen) atoms. The SMILES string of the molecule is C=CC[C@@H](CC(=O)NC1(CO)CCCC1)C(=O)NCCOC(=O)[C@@H](CC=C)NC(=O)OCc1ccccc1.